The minimum atomic E-state index is -4.53. The van der Waals surface area contributed by atoms with E-state index in [0.29, 0.717) is 28.8 Å². The number of hydrogen-bond donors (Lipinski definition) is 2. The second kappa shape index (κ2) is 11.8. The van der Waals surface area contributed by atoms with Gasteiger partial charge in [-0.2, -0.15) is 13.2 Å². The van der Waals surface area contributed by atoms with Gasteiger partial charge in [0.15, 0.2) is 0 Å². The normalized spacial score (nSPS) is 14.3. The van der Waals surface area contributed by atoms with E-state index < -0.39 is 17.6 Å². The number of carbonyl (C=O) groups excluding carboxylic acids is 2. The number of benzene rings is 4. The van der Waals surface area contributed by atoms with Crippen LogP contribution in [-0.4, -0.2) is 16.1 Å². The van der Waals surface area contributed by atoms with Crippen LogP contribution in [0.3, 0.4) is 0 Å². The first-order valence-corrected chi connectivity index (χ1v) is 14.3. The van der Waals surface area contributed by atoms with E-state index in [1.54, 1.807) is 18.3 Å². The van der Waals surface area contributed by atoms with Gasteiger partial charge in [0.2, 0.25) is 0 Å². The number of aromatic nitrogens is 1. The summed E-state index contributed by atoms with van der Waals surface area (Å²) in [5, 5.41) is 5.71. The third-order valence-corrected chi connectivity index (χ3v) is 7.90. The van der Waals surface area contributed by atoms with E-state index in [1.165, 1.54) is 6.07 Å². The maximum Gasteiger partial charge on any atom is 0.418 e. The van der Waals surface area contributed by atoms with Gasteiger partial charge in [-0.25, -0.2) is 0 Å². The highest BCUT2D eigenvalue weighted by molar-refractivity contribution is 8.18. The van der Waals surface area contributed by atoms with Crippen LogP contribution in [0.25, 0.3) is 28.1 Å². The fraction of sp³-hybridized carbons (Fsp3) is 0.0882. The Labute approximate surface area is 249 Å². The van der Waals surface area contributed by atoms with Crippen LogP contribution in [0.4, 0.5) is 23.7 Å². The summed E-state index contributed by atoms with van der Waals surface area (Å²) in [5.74, 6) is -0.399. The van der Waals surface area contributed by atoms with E-state index in [4.69, 9.17) is 0 Å². The Hall–Kier alpha value is -4.89. The Morgan fingerprint density at radius 3 is 2.35 bits per heavy atom. The number of fused-ring (bicyclic) bond motifs is 1. The average Bonchev–Trinajstić information content (AvgIpc) is 3.32. The van der Waals surface area contributed by atoms with Gasteiger partial charge >= 0.3 is 6.18 Å². The van der Waals surface area contributed by atoms with Crippen LogP contribution in [0.15, 0.2) is 108 Å². The molecule has 1 fully saturated rings. The van der Waals surface area contributed by atoms with Crippen molar-refractivity contribution in [3.8, 4) is 11.1 Å². The van der Waals surface area contributed by atoms with E-state index >= 15 is 0 Å². The summed E-state index contributed by atoms with van der Waals surface area (Å²) in [7, 11) is 0. The van der Waals surface area contributed by atoms with Crippen molar-refractivity contribution in [2.45, 2.75) is 19.1 Å². The highest BCUT2D eigenvalue weighted by Gasteiger charge is 2.33. The Bertz CT molecular complexity index is 1870. The Balaban J connectivity index is 1.30. The maximum atomic E-state index is 13.9. The number of halogens is 3. The summed E-state index contributed by atoms with van der Waals surface area (Å²) in [5.41, 5.74) is 5.12. The third kappa shape index (κ3) is 6.32. The Morgan fingerprint density at radius 1 is 0.860 bits per heavy atom. The lowest BCUT2D eigenvalue weighted by Gasteiger charge is -2.17. The molecule has 6 rings (SSSR count). The van der Waals surface area contributed by atoms with Crippen LogP contribution in [0.1, 0.15) is 27.8 Å². The molecule has 4 aromatic carbocycles. The summed E-state index contributed by atoms with van der Waals surface area (Å²) in [6.45, 7) is 0.500. The zero-order valence-electron chi connectivity index (χ0n) is 22.6. The second-order valence-corrected chi connectivity index (χ2v) is 11.1. The molecular formula is C34H24F3N3O2S. The zero-order valence-corrected chi connectivity index (χ0v) is 23.4. The number of carbonyl (C=O) groups is 2. The van der Waals surface area contributed by atoms with E-state index in [-0.39, 0.29) is 10.8 Å². The minimum Gasteiger partial charge on any atom is -0.381 e. The van der Waals surface area contributed by atoms with Crippen LogP contribution in [0.5, 0.6) is 0 Å². The summed E-state index contributed by atoms with van der Waals surface area (Å²) in [6.07, 6.45) is -0.786. The van der Waals surface area contributed by atoms with Gasteiger partial charge in [0, 0.05) is 23.8 Å². The topological polar surface area (TPSA) is 71.1 Å². The SMILES string of the molecule is O=C1NC(=O)C(=Cc2ccc(CNc3cccc(-c4c(Cc5ccccc5)cnc5c(C(F)(F)F)cccc45)c3)cc2)S1. The molecule has 0 spiro atoms. The second-order valence-electron chi connectivity index (χ2n) is 10.0. The quantitative estimate of drug-likeness (QED) is 0.185. The summed E-state index contributed by atoms with van der Waals surface area (Å²) < 4.78 is 41.7. The zero-order chi connectivity index (χ0) is 30.0. The molecule has 0 radical (unpaired) electrons. The highest BCUT2D eigenvalue weighted by atomic mass is 32.2. The summed E-state index contributed by atoms with van der Waals surface area (Å²) in [4.78, 5) is 27.9. The van der Waals surface area contributed by atoms with Crippen molar-refractivity contribution in [1.82, 2.24) is 10.3 Å². The van der Waals surface area contributed by atoms with Crippen molar-refractivity contribution in [3.63, 3.8) is 0 Å². The van der Waals surface area contributed by atoms with Gasteiger partial charge in [-0.15, -0.1) is 0 Å². The molecule has 0 bridgehead atoms. The molecule has 2 amide bonds. The molecular weight excluding hydrogens is 571 g/mol. The molecule has 9 heteroatoms. The molecule has 0 saturated carbocycles. The Kier molecular flexibility index (Phi) is 7.73. The van der Waals surface area contributed by atoms with Gasteiger partial charge in [0.25, 0.3) is 11.1 Å². The fourth-order valence-electron chi connectivity index (χ4n) is 5.08. The molecule has 1 saturated heterocycles. The number of anilines is 1. The molecule has 0 aliphatic carbocycles. The van der Waals surface area contributed by atoms with E-state index in [0.717, 1.165) is 51.3 Å². The molecule has 0 atom stereocenters. The number of nitrogens with zero attached hydrogens (tertiary/aromatic N) is 1. The van der Waals surface area contributed by atoms with Gasteiger partial charge < -0.3 is 5.32 Å². The molecule has 214 valence electrons. The van der Waals surface area contributed by atoms with E-state index in [1.807, 2.05) is 78.9 Å². The number of imide groups is 1. The highest BCUT2D eigenvalue weighted by Crippen LogP contribution is 2.39. The van der Waals surface area contributed by atoms with Gasteiger partial charge in [-0.3, -0.25) is 19.9 Å². The molecule has 43 heavy (non-hydrogen) atoms. The van der Waals surface area contributed by atoms with Crippen molar-refractivity contribution in [2.24, 2.45) is 0 Å². The molecule has 2 N–H and O–H groups in total. The van der Waals surface area contributed by atoms with E-state index in [2.05, 4.69) is 15.6 Å². The fourth-order valence-corrected chi connectivity index (χ4v) is 5.76. The molecule has 5 aromatic rings. The molecule has 1 aliphatic rings. The average molecular weight is 596 g/mol. The molecule has 5 nitrogen and oxygen atoms in total. The predicted molar refractivity (Wildman–Crippen MR) is 164 cm³/mol. The number of alkyl halides is 3. The number of nitrogens with one attached hydrogen (secondary N) is 2. The summed E-state index contributed by atoms with van der Waals surface area (Å²) >= 11 is 0.873. The Morgan fingerprint density at radius 2 is 1.63 bits per heavy atom. The van der Waals surface area contributed by atoms with Gasteiger partial charge in [-0.05, 0) is 75.8 Å². The van der Waals surface area contributed by atoms with Crippen LogP contribution >= 0.6 is 11.8 Å². The summed E-state index contributed by atoms with van der Waals surface area (Å²) in [6, 6.07) is 29.2. The van der Waals surface area contributed by atoms with E-state index in [9.17, 15) is 22.8 Å². The van der Waals surface area contributed by atoms with Gasteiger partial charge in [0.05, 0.1) is 16.0 Å². The predicted octanol–water partition coefficient (Wildman–Crippen LogP) is 8.45. The van der Waals surface area contributed by atoms with Crippen molar-refractivity contribution in [2.75, 3.05) is 5.32 Å². The van der Waals surface area contributed by atoms with Gasteiger partial charge in [-0.1, -0.05) is 78.9 Å². The number of rotatable bonds is 7. The number of thioether (sulfide) groups is 1. The number of para-hydroxylation sites is 1. The number of pyridine rings is 1. The monoisotopic (exact) mass is 595 g/mol. The lowest BCUT2D eigenvalue weighted by molar-refractivity contribution is -0.136. The van der Waals surface area contributed by atoms with Crippen LogP contribution in [-0.2, 0) is 23.9 Å². The van der Waals surface area contributed by atoms with Gasteiger partial charge in [0.1, 0.15) is 0 Å². The number of amides is 2. The smallest absolute Gasteiger partial charge is 0.381 e. The first-order valence-electron chi connectivity index (χ1n) is 13.4. The molecule has 1 aliphatic heterocycles. The first kappa shape index (κ1) is 28.2. The van der Waals surface area contributed by atoms with Crippen molar-refractivity contribution in [1.29, 1.82) is 0 Å². The molecule has 2 heterocycles. The van der Waals surface area contributed by atoms with Crippen molar-refractivity contribution in [3.05, 3.63) is 136 Å². The molecule has 1 aromatic heterocycles. The lowest BCUT2D eigenvalue weighted by atomic mass is 9.91. The lowest BCUT2D eigenvalue weighted by Crippen LogP contribution is -2.17. The van der Waals surface area contributed by atoms with Crippen molar-refractivity contribution < 1.29 is 22.8 Å². The van der Waals surface area contributed by atoms with Crippen LogP contribution < -0.4 is 10.6 Å². The van der Waals surface area contributed by atoms with Crippen molar-refractivity contribution >= 4 is 45.6 Å². The largest absolute Gasteiger partial charge is 0.418 e. The van der Waals surface area contributed by atoms with Crippen LogP contribution in [0.2, 0.25) is 0 Å². The molecule has 0 unspecified atom stereocenters. The number of hydrogen-bond acceptors (Lipinski definition) is 5. The minimum absolute atomic E-state index is 0.0758. The first-order chi connectivity index (χ1) is 20.7. The van der Waals surface area contributed by atoms with Crippen LogP contribution in [0, 0.1) is 0 Å². The standard InChI is InChI=1S/C34H24F3N3O2S/c35-34(36,37)28-11-5-10-27-30(25(20-39-31(27)28)16-21-6-2-1-3-7-21)24-8-4-9-26(18-24)38-19-23-14-12-22(13-15-23)17-29-32(41)40-33(42)43-29/h1-15,17-18,20,38H,16,19H2,(H,40,41,42). The maximum absolute atomic E-state index is 13.9. The third-order valence-electron chi connectivity index (χ3n) is 7.09.